The molecule has 0 fully saturated rings. The molecule has 9 heteroatoms. The van der Waals surface area contributed by atoms with Crippen molar-refractivity contribution in [2.75, 3.05) is 20.3 Å². The summed E-state index contributed by atoms with van der Waals surface area (Å²) in [7, 11) is 1.61. The van der Waals surface area contributed by atoms with Gasteiger partial charge in [0.05, 0.1) is 18.3 Å². The molecule has 7 nitrogen and oxygen atoms in total. The second kappa shape index (κ2) is 9.25. The number of benzene rings is 2. The summed E-state index contributed by atoms with van der Waals surface area (Å²) in [6, 6.07) is 10.6. The molecule has 1 aromatic heterocycles. The Labute approximate surface area is 166 Å². The van der Waals surface area contributed by atoms with Gasteiger partial charge >= 0.3 is 0 Å². The van der Waals surface area contributed by atoms with Gasteiger partial charge in [-0.2, -0.15) is 5.10 Å². The van der Waals surface area contributed by atoms with E-state index in [0.717, 1.165) is 11.5 Å². The first-order chi connectivity index (χ1) is 13.2. The fourth-order valence-corrected chi connectivity index (χ4v) is 2.75. The molecular formula is C18H16Cl2N4O3. The van der Waals surface area contributed by atoms with Crippen LogP contribution in [0.1, 0.15) is 5.56 Å². The van der Waals surface area contributed by atoms with E-state index in [1.165, 1.54) is 17.3 Å². The van der Waals surface area contributed by atoms with E-state index in [9.17, 15) is 0 Å². The van der Waals surface area contributed by atoms with E-state index in [4.69, 9.17) is 37.4 Å². The van der Waals surface area contributed by atoms with Gasteiger partial charge in [-0.3, -0.25) is 0 Å². The standard InChI is InChI=1S/C18H16Cl2N4O3/c1-25-15-2-4-16(5-3-15)26-6-7-27-18-13(8-14(19)9-17(18)20)10-23-24-11-21-22-12-24/h2-5,8-12H,6-7H2,1H3/b23-10-. The van der Waals surface area contributed by atoms with Crippen LogP contribution in [0.3, 0.4) is 0 Å². The third-order valence-electron chi connectivity index (χ3n) is 3.43. The van der Waals surface area contributed by atoms with E-state index in [1.54, 1.807) is 25.5 Å². The number of hydrogen-bond acceptors (Lipinski definition) is 6. The summed E-state index contributed by atoms with van der Waals surface area (Å²) < 4.78 is 18.0. The van der Waals surface area contributed by atoms with E-state index in [2.05, 4.69) is 15.3 Å². The van der Waals surface area contributed by atoms with Crippen LogP contribution in [0.2, 0.25) is 10.0 Å². The van der Waals surface area contributed by atoms with Crippen LogP contribution in [0, 0.1) is 0 Å². The number of halogens is 2. The van der Waals surface area contributed by atoms with Gasteiger partial charge in [0, 0.05) is 10.6 Å². The van der Waals surface area contributed by atoms with Gasteiger partial charge in [0.1, 0.15) is 43.1 Å². The maximum atomic E-state index is 6.27. The Kier molecular flexibility index (Phi) is 6.51. The molecule has 3 rings (SSSR count). The van der Waals surface area contributed by atoms with Gasteiger partial charge in [-0.05, 0) is 36.4 Å². The number of aromatic nitrogens is 3. The maximum Gasteiger partial charge on any atom is 0.147 e. The number of methoxy groups -OCH3 is 1. The van der Waals surface area contributed by atoms with Crippen molar-refractivity contribution in [3.8, 4) is 17.2 Å². The summed E-state index contributed by atoms with van der Waals surface area (Å²) in [5.74, 6) is 1.95. The van der Waals surface area contributed by atoms with Gasteiger partial charge in [-0.15, -0.1) is 10.2 Å². The van der Waals surface area contributed by atoms with Gasteiger partial charge in [0.2, 0.25) is 0 Å². The first-order valence-corrected chi connectivity index (χ1v) is 8.69. The summed E-state index contributed by atoms with van der Waals surface area (Å²) in [5, 5.41) is 12.4. The van der Waals surface area contributed by atoms with Gasteiger partial charge in [-0.25, -0.2) is 4.68 Å². The predicted molar refractivity (Wildman–Crippen MR) is 103 cm³/mol. The average molecular weight is 407 g/mol. The molecule has 27 heavy (non-hydrogen) atoms. The van der Waals surface area contributed by atoms with Gasteiger partial charge in [-0.1, -0.05) is 23.2 Å². The third-order valence-corrected chi connectivity index (χ3v) is 3.93. The Balaban J connectivity index is 1.63. The molecule has 0 amide bonds. The van der Waals surface area contributed by atoms with Gasteiger partial charge < -0.3 is 14.2 Å². The van der Waals surface area contributed by atoms with E-state index in [-0.39, 0.29) is 0 Å². The van der Waals surface area contributed by atoms with Crippen LogP contribution >= 0.6 is 23.2 Å². The lowest BCUT2D eigenvalue weighted by Crippen LogP contribution is -2.10. The fourth-order valence-electron chi connectivity index (χ4n) is 2.19. The van der Waals surface area contributed by atoms with Crippen LogP contribution in [0.5, 0.6) is 17.2 Å². The molecule has 0 aliphatic heterocycles. The third kappa shape index (κ3) is 5.35. The number of hydrogen-bond donors (Lipinski definition) is 0. The normalized spacial score (nSPS) is 10.9. The van der Waals surface area contributed by atoms with Crippen LogP contribution in [0.25, 0.3) is 0 Å². The largest absolute Gasteiger partial charge is 0.497 e. The fraction of sp³-hybridized carbons (Fsp3) is 0.167. The average Bonchev–Trinajstić information content (AvgIpc) is 3.19. The molecule has 2 aromatic carbocycles. The Morgan fingerprint density at radius 3 is 2.37 bits per heavy atom. The molecule has 0 unspecified atom stereocenters. The molecule has 0 saturated heterocycles. The van der Waals surface area contributed by atoms with E-state index >= 15 is 0 Å². The summed E-state index contributed by atoms with van der Waals surface area (Å²) in [4.78, 5) is 0. The lowest BCUT2D eigenvalue weighted by atomic mass is 10.2. The zero-order valence-electron chi connectivity index (χ0n) is 14.4. The summed E-state index contributed by atoms with van der Waals surface area (Å²) in [5.41, 5.74) is 0.630. The van der Waals surface area contributed by atoms with Crippen molar-refractivity contribution in [2.45, 2.75) is 0 Å². The molecule has 0 spiro atoms. The maximum absolute atomic E-state index is 6.27. The Bertz CT molecular complexity index is 900. The predicted octanol–water partition coefficient (Wildman–Crippen LogP) is 3.93. The SMILES string of the molecule is COc1ccc(OCCOc2c(Cl)cc(Cl)cc2/C=N\n2cnnc2)cc1. The molecule has 0 N–H and O–H groups in total. The van der Waals surface area contributed by atoms with Crippen molar-refractivity contribution in [3.63, 3.8) is 0 Å². The zero-order valence-corrected chi connectivity index (χ0v) is 15.9. The van der Waals surface area contributed by atoms with Crippen molar-refractivity contribution in [1.82, 2.24) is 14.9 Å². The minimum Gasteiger partial charge on any atom is -0.497 e. The molecule has 0 atom stereocenters. The number of nitrogens with zero attached hydrogens (tertiary/aromatic N) is 4. The van der Waals surface area contributed by atoms with Crippen molar-refractivity contribution in [1.29, 1.82) is 0 Å². The van der Waals surface area contributed by atoms with Gasteiger partial charge in [0.25, 0.3) is 0 Å². The molecule has 0 aliphatic carbocycles. The molecule has 0 radical (unpaired) electrons. The molecular weight excluding hydrogens is 391 g/mol. The minimum atomic E-state index is 0.293. The Morgan fingerprint density at radius 1 is 1.00 bits per heavy atom. The Morgan fingerprint density at radius 2 is 1.67 bits per heavy atom. The summed E-state index contributed by atoms with van der Waals surface area (Å²) in [6.07, 6.45) is 4.50. The Hall–Kier alpha value is -2.77. The molecule has 140 valence electrons. The van der Waals surface area contributed by atoms with Crippen LogP contribution in [0.15, 0.2) is 54.2 Å². The number of ether oxygens (including phenoxy) is 3. The second-order valence-electron chi connectivity index (χ2n) is 5.26. The lowest BCUT2D eigenvalue weighted by Gasteiger charge is -2.12. The lowest BCUT2D eigenvalue weighted by molar-refractivity contribution is 0.217. The highest BCUT2D eigenvalue weighted by molar-refractivity contribution is 6.36. The highest BCUT2D eigenvalue weighted by Gasteiger charge is 2.10. The van der Waals surface area contributed by atoms with Crippen LogP contribution in [-0.4, -0.2) is 41.4 Å². The zero-order chi connectivity index (χ0) is 19.1. The van der Waals surface area contributed by atoms with Crippen molar-refractivity contribution in [2.24, 2.45) is 5.10 Å². The van der Waals surface area contributed by atoms with Crippen LogP contribution in [0.4, 0.5) is 0 Å². The summed E-state index contributed by atoms with van der Waals surface area (Å²) in [6.45, 7) is 0.633. The highest BCUT2D eigenvalue weighted by Crippen LogP contribution is 2.31. The molecule has 0 bridgehead atoms. The molecule has 1 heterocycles. The van der Waals surface area contributed by atoms with Crippen LogP contribution < -0.4 is 14.2 Å². The first-order valence-electron chi connectivity index (χ1n) is 7.93. The second-order valence-corrected chi connectivity index (χ2v) is 6.11. The van der Waals surface area contributed by atoms with E-state index < -0.39 is 0 Å². The quantitative estimate of drug-likeness (QED) is 0.418. The monoisotopic (exact) mass is 406 g/mol. The van der Waals surface area contributed by atoms with Crippen molar-refractivity contribution < 1.29 is 14.2 Å². The minimum absolute atomic E-state index is 0.293. The topological polar surface area (TPSA) is 70.8 Å². The first kappa shape index (κ1) is 19.0. The van der Waals surface area contributed by atoms with Crippen molar-refractivity contribution in [3.05, 3.63) is 64.7 Å². The number of rotatable bonds is 8. The van der Waals surface area contributed by atoms with Crippen molar-refractivity contribution >= 4 is 29.4 Å². The smallest absolute Gasteiger partial charge is 0.147 e. The summed E-state index contributed by atoms with van der Waals surface area (Å²) >= 11 is 12.3. The van der Waals surface area contributed by atoms with Gasteiger partial charge in [0.15, 0.2) is 0 Å². The highest BCUT2D eigenvalue weighted by atomic mass is 35.5. The molecule has 3 aromatic rings. The van der Waals surface area contributed by atoms with Crippen LogP contribution in [-0.2, 0) is 0 Å². The van der Waals surface area contributed by atoms with E-state index in [0.29, 0.717) is 34.6 Å². The van der Waals surface area contributed by atoms with E-state index in [1.807, 2.05) is 24.3 Å². The molecule has 0 saturated carbocycles. The molecule has 0 aliphatic rings.